The van der Waals surface area contributed by atoms with Crippen LogP contribution in [0.15, 0.2) is 18.3 Å². The highest BCUT2D eigenvalue weighted by atomic mass is 15.0. The van der Waals surface area contributed by atoms with Crippen molar-refractivity contribution in [3.63, 3.8) is 0 Å². The van der Waals surface area contributed by atoms with Gasteiger partial charge in [0, 0.05) is 23.7 Å². The predicted molar refractivity (Wildman–Crippen MR) is 48.3 cm³/mol. The number of hydrogen-bond donors (Lipinski definition) is 1. The van der Waals surface area contributed by atoms with Crippen LogP contribution in [0.1, 0.15) is 24.8 Å². The predicted octanol–water partition coefficient (Wildman–Crippen LogP) is 1.93. The molecule has 0 radical (unpaired) electrons. The number of nitrogens with one attached hydrogen (secondary N) is 1. The van der Waals surface area contributed by atoms with Gasteiger partial charge in [0.15, 0.2) is 0 Å². The Bertz CT molecular complexity index is 315. The third-order valence-electron chi connectivity index (χ3n) is 3.28. The van der Waals surface area contributed by atoms with E-state index in [1.807, 2.05) is 12.3 Å². The first-order valence-corrected chi connectivity index (χ1v) is 4.60. The second-order valence-electron chi connectivity index (χ2n) is 3.89. The van der Waals surface area contributed by atoms with E-state index in [1.54, 1.807) is 0 Å². The summed E-state index contributed by atoms with van der Waals surface area (Å²) in [4.78, 5) is 4.33. The van der Waals surface area contributed by atoms with Gasteiger partial charge in [-0.25, -0.2) is 4.98 Å². The van der Waals surface area contributed by atoms with Crippen molar-refractivity contribution in [2.45, 2.75) is 24.7 Å². The molecule has 0 unspecified atom stereocenters. The molecule has 1 aromatic heterocycles. The van der Waals surface area contributed by atoms with E-state index in [2.05, 4.69) is 16.4 Å². The second kappa shape index (κ2) is 2.00. The molecule has 3 rings (SSSR count). The first kappa shape index (κ1) is 6.46. The van der Waals surface area contributed by atoms with Gasteiger partial charge < -0.3 is 5.32 Å². The molecule has 2 nitrogen and oxygen atoms in total. The van der Waals surface area contributed by atoms with E-state index >= 15 is 0 Å². The molecule has 0 atom stereocenters. The molecule has 2 aliphatic rings. The molecule has 1 aromatic rings. The van der Waals surface area contributed by atoms with Crippen molar-refractivity contribution in [2.24, 2.45) is 0 Å². The van der Waals surface area contributed by atoms with Gasteiger partial charge in [-0.2, -0.15) is 0 Å². The molecular formula is C10H12N2. The Hall–Kier alpha value is -1.05. The van der Waals surface area contributed by atoms with Crippen LogP contribution in [0.5, 0.6) is 0 Å². The average Bonchev–Trinajstić information content (AvgIpc) is 2.42. The Morgan fingerprint density at radius 1 is 1.42 bits per heavy atom. The fourth-order valence-corrected chi connectivity index (χ4v) is 2.37. The van der Waals surface area contributed by atoms with Crippen LogP contribution < -0.4 is 5.32 Å². The fourth-order valence-electron chi connectivity index (χ4n) is 2.37. The highest BCUT2D eigenvalue weighted by molar-refractivity contribution is 5.55. The highest BCUT2D eigenvalue weighted by Crippen LogP contribution is 2.49. The summed E-state index contributed by atoms with van der Waals surface area (Å²) in [6.07, 6.45) is 5.94. The van der Waals surface area contributed by atoms with E-state index in [0.29, 0.717) is 5.41 Å². The lowest BCUT2D eigenvalue weighted by Gasteiger charge is -2.37. The van der Waals surface area contributed by atoms with Crippen molar-refractivity contribution in [1.29, 1.82) is 0 Å². The van der Waals surface area contributed by atoms with Crippen molar-refractivity contribution in [3.8, 4) is 0 Å². The Morgan fingerprint density at radius 2 is 2.33 bits per heavy atom. The van der Waals surface area contributed by atoms with Crippen LogP contribution in [0.4, 0.5) is 5.82 Å². The van der Waals surface area contributed by atoms with E-state index < -0.39 is 0 Å². The van der Waals surface area contributed by atoms with Crippen LogP contribution in [-0.4, -0.2) is 11.5 Å². The van der Waals surface area contributed by atoms with Crippen LogP contribution in [0.3, 0.4) is 0 Å². The van der Waals surface area contributed by atoms with Gasteiger partial charge in [0.25, 0.3) is 0 Å². The van der Waals surface area contributed by atoms with Crippen molar-refractivity contribution >= 4 is 5.82 Å². The lowest BCUT2D eigenvalue weighted by molar-refractivity contribution is 0.272. The summed E-state index contributed by atoms with van der Waals surface area (Å²) >= 11 is 0. The topological polar surface area (TPSA) is 24.9 Å². The zero-order valence-electron chi connectivity index (χ0n) is 7.01. The molecule has 0 bridgehead atoms. The molecule has 62 valence electrons. The third-order valence-corrected chi connectivity index (χ3v) is 3.28. The van der Waals surface area contributed by atoms with Crippen molar-refractivity contribution in [1.82, 2.24) is 4.98 Å². The molecule has 1 aliphatic carbocycles. The SMILES string of the molecule is c1cnc2c(c1)C1(CCC1)CN2. The number of aromatic nitrogens is 1. The molecular weight excluding hydrogens is 148 g/mol. The minimum Gasteiger partial charge on any atom is -0.369 e. The van der Waals surface area contributed by atoms with Crippen LogP contribution in [0, 0.1) is 0 Å². The van der Waals surface area contributed by atoms with E-state index in [0.717, 1.165) is 12.4 Å². The number of pyridine rings is 1. The molecule has 0 saturated heterocycles. The number of anilines is 1. The Morgan fingerprint density at radius 3 is 3.08 bits per heavy atom. The number of nitrogens with zero attached hydrogens (tertiary/aromatic N) is 1. The molecule has 2 heteroatoms. The van der Waals surface area contributed by atoms with Crippen molar-refractivity contribution in [2.75, 3.05) is 11.9 Å². The molecule has 1 saturated carbocycles. The zero-order valence-corrected chi connectivity index (χ0v) is 7.01. The second-order valence-corrected chi connectivity index (χ2v) is 3.89. The van der Waals surface area contributed by atoms with Gasteiger partial charge in [0.1, 0.15) is 5.82 Å². The summed E-state index contributed by atoms with van der Waals surface area (Å²) in [6, 6.07) is 4.27. The van der Waals surface area contributed by atoms with Gasteiger partial charge in [0.05, 0.1) is 0 Å². The maximum Gasteiger partial charge on any atom is 0.129 e. The maximum atomic E-state index is 4.33. The summed E-state index contributed by atoms with van der Waals surface area (Å²) < 4.78 is 0. The largest absolute Gasteiger partial charge is 0.369 e. The Kier molecular flexibility index (Phi) is 1.08. The average molecular weight is 160 g/mol. The molecule has 2 heterocycles. The van der Waals surface area contributed by atoms with E-state index in [4.69, 9.17) is 0 Å². The standard InChI is InChI=1S/C10H12N2/c1-3-8-9(11-6-1)12-7-10(8)4-2-5-10/h1,3,6H,2,4-5,7H2,(H,11,12). The van der Waals surface area contributed by atoms with Crippen LogP contribution in [-0.2, 0) is 5.41 Å². The monoisotopic (exact) mass is 160 g/mol. The summed E-state index contributed by atoms with van der Waals surface area (Å²) in [5.41, 5.74) is 1.93. The van der Waals surface area contributed by atoms with Crippen LogP contribution >= 0.6 is 0 Å². The number of fused-ring (bicyclic) bond motifs is 2. The Labute approximate surface area is 72.0 Å². The summed E-state index contributed by atoms with van der Waals surface area (Å²) in [5, 5.41) is 3.38. The first-order valence-electron chi connectivity index (χ1n) is 4.60. The number of rotatable bonds is 0. The van der Waals surface area contributed by atoms with E-state index in [-0.39, 0.29) is 0 Å². The zero-order chi connectivity index (χ0) is 8.02. The normalized spacial score (nSPS) is 23.0. The van der Waals surface area contributed by atoms with Crippen LogP contribution in [0.25, 0.3) is 0 Å². The van der Waals surface area contributed by atoms with Gasteiger partial charge in [-0.15, -0.1) is 0 Å². The lowest BCUT2D eigenvalue weighted by atomic mass is 9.66. The van der Waals surface area contributed by atoms with Gasteiger partial charge in [-0.3, -0.25) is 0 Å². The van der Waals surface area contributed by atoms with E-state index in [9.17, 15) is 0 Å². The summed E-state index contributed by atoms with van der Waals surface area (Å²) in [7, 11) is 0. The molecule has 0 aromatic carbocycles. The molecule has 0 amide bonds. The summed E-state index contributed by atoms with van der Waals surface area (Å²) in [5.74, 6) is 1.12. The third kappa shape index (κ3) is 0.631. The Balaban J connectivity index is 2.13. The van der Waals surface area contributed by atoms with Gasteiger partial charge in [-0.1, -0.05) is 12.5 Å². The maximum absolute atomic E-state index is 4.33. The van der Waals surface area contributed by atoms with Crippen molar-refractivity contribution in [3.05, 3.63) is 23.9 Å². The first-order chi connectivity index (χ1) is 5.91. The lowest BCUT2D eigenvalue weighted by Crippen LogP contribution is -2.35. The minimum atomic E-state index is 0.476. The summed E-state index contributed by atoms with van der Waals surface area (Å²) in [6.45, 7) is 1.11. The smallest absolute Gasteiger partial charge is 0.129 e. The highest BCUT2D eigenvalue weighted by Gasteiger charge is 2.44. The minimum absolute atomic E-state index is 0.476. The van der Waals surface area contributed by atoms with Gasteiger partial charge in [0.2, 0.25) is 0 Å². The van der Waals surface area contributed by atoms with Gasteiger partial charge in [-0.05, 0) is 18.9 Å². The molecule has 12 heavy (non-hydrogen) atoms. The van der Waals surface area contributed by atoms with Crippen molar-refractivity contribution < 1.29 is 0 Å². The van der Waals surface area contributed by atoms with Crippen LogP contribution in [0.2, 0.25) is 0 Å². The molecule has 1 spiro atoms. The fraction of sp³-hybridized carbons (Fsp3) is 0.500. The van der Waals surface area contributed by atoms with Gasteiger partial charge >= 0.3 is 0 Å². The number of hydrogen-bond acceptors (Lipinski definition) is 2. The quantitative estimate of drug-likeness (QED) is 0.627. The molecule has 1 fully saturated rings. The van der Waals surface area contributed by atoms with E-state index in [1.165, 1.54) is 24.8 Å². The molecule has 1 N–H and O–H groups in total. The molecule has 1 aliphatic heterocycles.